The Morgan fingerprint density at radius 3 is 2.85 bits per heavy atom. The van der Waals surface area contributed by atoms with Crippen LogP contribution in [0.5, 0.6) is 0 Å². The SMILES string of the molecule is Nc1cc(CN2C(=O)NC3(CCOCC3)C2=O)ccn1. The molecular formula is C13H16N4O3. The Hall–Kier alpha value is -2.15. The highest BCUT2D eigenvalue weighted by atomic mass is 16.5. The zero-order valence-corrected chi connectivity index (χ0v) is 11.0. The van der Waals surface area contributed by atoms with Gasteiger partial charge in [-0.1, -0.05) is 0 Å². The monoisotopic (exact) mass is 276 g/mol. The Morgan fingerprint density at radius 2 is 2.15 bits per heavy atom. The number of urea groups is 1. The largest absolute Gasteiger partial charge is 0.384 e. The summed E-state index contributed by atoms with van der Waals surface area (Å²) < 4.78 is 5.26. The van der Waals surface area contributed by atoms with Crippen LogP contribution in [-0.2, 0) is 16.1 Å². The molecule has 0 radical (unpaired) electrons. The lowest BCUT2D eigenvalue weighted by Gasteiger charge is -2.30. The average molecular weight is 276 g/mol. The van der Waals surface area contributed by atoms with E-state index in [0.717, 1.165) is 5.56 Å². The number of carbonyl (C=O) groups is 2. The lowest BCUT2D eigenvalue weighted by atomic mass is 9.90. The zero-order valence-electron chi connectivity index (χ0n) is 11.0. The number of hydrogen-bond acceptors (Lipinski definition) is 5. The highest BCUT2D eigenvalue weighted by Crippen LogP contribution is 2.29. The van der Waals surface area contributed by atoms with Gasteiger partial charge in [-0.15, -0.1) is 0 Å². The molecule has 0 unspecified atom stereocenters. The molecule has 0 saturated carbocycles. The van der Waals surface area contributed by atoms with Crippen molar-refractivity contribution in [3.05, 3.63) is 23.9 Å². The predicted octanol–water partition coefficient (Wildman–Crippen LogP) is 0.265. The maximum absolute atomic E-state index is 12.5. The molecule has 2 saturated heterocycles. The fourth-order valence-corrected chi connectivity index (χ4v) is 2.65. The molecule has 0 aromatic carbocycles. The molecule has 1 aromatic rings. The Morgan fingerprint density at radius 1 is 1.40 bits per heavy atom. The van der Waals surface area contributed by atoms with Crippen LogP contribution in [0.4, 0.5) is 10.6 Å². The van der Waals surface area contributed by atoms with E-state index >= 15 is 0 Å². The number of aromatic nitrogens is 1. The Labute approximate surface area is 116 Å². The topological polar surface area (TPSA) is 97.5 Å². The van der Waals surface area contributed by atoms with Crippen molar-refractivity contribution in [3.8, 4) is 0 Å². The molecule has 0 aliphatic carbocycles. The lowest BCUT2D eigenvalue weighted by Crippen LogP contribution is -2.51. The van der Waals surface area contributed by atoms with E-state index in [9.17, 15) is 9.59 Å². The number of anilines is 1. The Balaban J connectivity index is 1.80. The van der Waals surface area contributed by atoms with E-state index in [2.05, 4.69) is 10.3 Å². The summed E-state index contributed by atoms with van der Waals surface area (Å²) in [6.07, 6.45) is 2.60. The van der Waals surface area contributed by atoms with Gasteiger partial charge in [0.2, 0.25) is 0 Å². The van der Waals surface area contributed by atoms with E-state index in [1.54, 1.807) is 18.3 Å². The van der Waals surface area contributed by atoms with Crippen molar-refractivity contribution in [1.29, 1.82) is 0 Å². The number of rotatable bonds is 2. The number of pyridine rings is 1. The van der Waals surface area contributed by atoms with Gasteiger partial charge in [0.05, 0.1) is 6.54 Å². The van der Waals surface area contributed by atoms with Crippen LogP contribution in [0.1, 0.15) is 18.4 Å². The molecule has 2 fully saturated rings. The van der Waals surface area contributed by atoms with E-state index in [1.807, 2.05) is 0 Å². The van der Waals surface area contributed by atoms with Gasteiger partial charge in [-0.2, -0.15) is 0 Å². The highest BCUT2D eigenvalue weighted by Gasteiger charge is 2.51. The van der Waals surface area contributed by atoms with Crippen molar-refractivity contribution in [2.75, 3.05) is 18.9 Å². The van der Waals surface area contributed by atoms with Gasteiger partial charge in [-0.05, 0) is 17.7 Å². The predicted molar refractivity (Wildman–Crippen MR) is 70.5 cm³/mol. The minimum absolute atomic E-state index is 0.179. The minimum Gasteiger partial charge on any atom is -0.384 e. The molecule has 0 atom stereocenters. The third-order valence-electron chi connectivity index (χ3n) is 3.78. The molecule has 3 heterocycles. The standard InChI is InChI=1S/C13H16N4O3/c14-10-7-9(1-4-15-10)8-17-11(18)13(16-12(17)19)2-5-20-6-3-13/h1,4,7H,2-3,5-6,8H2,(H2,14,15)(H,16,19). The third-order valence-corrected chi connectivity index (χ3v) is 3.78. The van der Waals surface area contributed by atoms with Crippen molar-refractivity contribution >= 4 is 17.8 Å². The molecule has 20 heavy (non-hydrogen) atoms. The highest BCUT2D eigenvalue weighted by molar-refractivity contribution is 6.07. The molecule has 3 N–H and O–H groups in total. The molecule has 7 heteroatoms. The van der Waals surface area contributed by atoms with E-state index < -0.39 is 5.54 Å². The van der Waals surface area contributed by atoms with Gasteiger partial charge >= 0.3 is 6.03 Å². The lowest BCUT2D eigenvalue weighted by molar-refractivity contribution is -0.134. The normalized spacial score (nSPS) is 21.3. The number of nitrogen functional groups attached to an aromatic ring is 1. The molecule has 1 spiro atoms. The molecule has 0 bridgehead atoms. The molecule has 7 nitrogen and oxygen atoms in total. The first-order chi connectivity index (χ1) is 9.61. The molecule has 2 aliphatic heterocycles. The number of ether oxygens (including phenoxy) is 1. The van der Waals surface area contributed by atoms with Gasteiger partial charge in [0, 0.05) is 32.3 Å². The molecule has 3 rings (SSSR count). The first-order valence-corrected chi connectivity index (χ1v) is 6.53. The van der Waals surface area contributed by atoms with Crippen LogP contribution in [0, 0.1) is 0 Å². The van der Waals surface area contributed by atoms with Crippen molar-refractivity contribution in [2.24, 2.45) is 0 Å². The van der Waals surface area contributed by atoms with Gasteiger partial charge in [-0.3, -0.25) is 9.69 Å². The second-order valence-corrected chi connectivity index (χ2v) is 5.10. The molecule has 106 valence electrons. The maximum Gasteiger partial charge on any atom is 0.325 e. The number of carbonyl (C=O) groups excluding carboxylic acids is 2. The summed E-state index contributed by atoms with van der Waals surface area (Å²) in [5.74, 6) is 0.191. The van der Waals surface area contributed by atoms with E-state index in [-0.39, 0.29) is 18.5 Å². The second kappa shape index (κ2) is 4.75. The van der Waals surface area contributed by atoms with Gasteiger partial charge in [-0.25, -0.2) is 9.78 Å². The quantitative estimate of drug-likeness (QED) is 0.755. The molecule has 2 aliphatic rings. The van der Waals surface area contributed by atoms with Gasteiger partial charge in [0.15, 0.2) is 0 Å². The number of hydrogen-bond donors (Lipinski definition) is 2. The summed E-state index contributed by atoms with van der Waals surface area (Å²) in [6, 6.07) is 3.05. The van der Waals surface area contributed by atoms with Crippen LogP contribution in [-0.4, -0.2) is 40.6 Å². The number of amides is 3. The summed E-state index contributed by atoms with van der Waals surface area (Å²) in [7, 11) is 0. The smallest absolute Gasteiger partial charge is 0.325 e. The number of nitrogens with one attached hydrogen (secondary N) is 1. The van der Waals surface area contributed by atoms with Crippen LogP contribution in [0.3, 0.4) is 0 Å². The first-order valence-electron chi connectivity index (χ1n) is 6.53. The summed E-state index contributed by atoms with van der Waals surface area (Å²) in [5.41, 5.74) is 5.61. The Kier molecular flexibility index (Phi) is 3.06. The van der Waals surface area contributed by atoms with Gasteiger partial charge in [0.1, 0.15) is 11.4 Å². The van der Waals surface area contributed by atoms with E-state index in [0.29, 0.717) is 31.9 Å². The van der Waals surface area contributed by atoms with Crippen LogP contribution in [0.2, 0.25) is 0 Å². The molecule has 1 aromatic heterocycles. The van der Waals surface area contributed by atoms with Crippen LogP contribution in [0.25, 0.3) is 0 Å². The average Bonchev–Trinajstić information content (AvgIpc) is 2.64. The maximum atomic E-state index is 12.5. The van der Waals surface area contributed by atoms with Crippen molar-refractivity contribution in [3.63, 3.8) is 0 Å². The van der Waals surface area contributed by atoms with Crippen molar-refractivity contribution < 1.29 is 14.3 Å². The van der Waals surface area contributed by atoms with Gasteiger partial charge in [0.25, 0.3) is 5.91 Å². The summed E-state index contributed by atoms with van der Waals surface area (Å²) in [4.78, 5) is 29.7. The zero-order chi connectivity index (χ0) is 14.2. The first kappa shape index (κ1) is 12.9. The minimum atomic E-state index is -0.784. The van der Waals surface area contributed by atoms with Crippen molar-refractivity contribution in [2.45, 2.75) is 24.9 Å². The molecular weight excluding hydrogens is 260 g/mol. The van der Waals surface area contributed by atoms with Crippen LogP contribution >= 0.6 is 0 Å². The second-order valence-electron chi connectivity index (χ2n) is 5.10. The number of imide groups is 1. The fourth-order valence-electron chi connectivity index (χ4n) is 2.65. The Bertz CT molecular complexity index is 554. The number of nitrogens with zero attached hydrogens (tertiary/aromatic N) is 2. The van der Waals surface area contributed by atoms with Crippen LogP contribution < -0.4 is 11.1 Å². The fraction of sp³-hybridized carbons (Fsp3) is 0.462. The third kappa shape index (κ3) is 2.09. The van der Waals surface area contributed by atoms with E-state index in [4.69, 9.17) is 10.5 Å². The summed E-state index contributed by atoms with van der Waals surface area (Å²) in [5, 5.41) is 2.81. The molecule has 3 amide bonds. The van der Waals surface area contributed by atoms with Gasteiger partial charge < -0.3 is 15.8 Å². The van der Waals surface area contributed by atoms with Crippen LogP contribution in [0.15, 0.2) is 18.3 Å². The summed E-state index contributed by atoms with van der Waals surface area (Å²) >= 11 is 0. The number of nitrogens with two attached hydrogens (primary N) is 1. The summed E-state index contributed by atoms with van der Waals surface area (Å²) in [6.45, 7) is 1.18. The van der Waals surface area contributed by atoms with E-state index in [1.165, 1.54) is 4.90 Å². The van der Waals surface area contributed by atoms with Crippen molar-refractivity contribution in [1.82, 2.24) is 15.2 Å².